The number of nitrogens with zero attached hydrogens (tertiary/aromatic N) is 1. The second-order valence-corrected chi connectivity index (χ2v) is 7.51. The maximum Gasteiger partial charge on any atom is 0.307 e. The Labute approximate surface area is 124 Å². The fourth-order valence-electron chi connectivity index (χ4n) is 2.11. The molecule has 0 saturated carbocycles. The number of carbonyl (C=O) groups is 1. The molecule has 2 rings (SSSR count). The Balaban J connectivity index is 2.12. The normalized spacial score (nSPS) is 20.2. The largest absolute Gasteiger partial charge is 0.481 e. The van der Waals surface area contributed by atoms with Crippen LogP contribution < -0.4 is 0 Å². The number of hydrogen-bond acceptors (Lipinski definition) is 3. The standard InChI is InChI=1S/C12H13BrFNO4S/c13-10-2-1-8(5-11(10)14)7-20(18,19)15-4-3-9(6-15)12(16)17/h1-2,5,9H,3-4,6-7H2,(H,16,17). The third-order valence-corrected chi connectivity index (χ3v) is 5.69. The summed E-state index contributed by atoms with van der Waals surface area (Å²) in [6.45, 7) is 0.176. The van der Waals surface area contributed by atoms with Gasteiger partial charge in [-0.1, -0.05) is 6.07 Å². The Morgan fingerprint density at radius 1 is 1.50 bits per heavy atom. The van der Waals surface area contributed by atoms with Crippen LogP contribution in [0.2, 0.25) is 0 Å². The van der Waals surface area contributed by atoms with E-state index in [4.69, 9.17) is 5.11 Å². The Morgan fingerprint density at radius 2 is 2.20 bits per heavy atom. The number of carboxylic acid groups (broad SMARTS) is 1. The van der Waals surface area contributed by atoms with Gasteiger partial charge in [0.2, 0.25) is 10.0 Å². The van der Waals surface area contributed by atoms with Gasteiger partial charge in [-0.3, -0.25) is 4.79 Å². The summed E-state index contributed by atoms with van der Waals surface area (Å²) in [5.41, 5.74) is 0.337. The minimum absolute atomic E-state index is 0.0172. The molecule has 1 aliphatic heterocycles. The van der Waals surface area contributed by atoms with E-state index in [1.807, 2.05) is 0 Å². The molecule has 0 amide bonds. The average Bonchev–Trinajstić information content (AvgIpc) is 2.84. The minimum Gasteiger partial charge on any atom is -0.481 e. The third-order valence-electron chi connectivity index (χ3n) is 3.23. The van der Waals surface area contributed by atoms with Gasteiger partial charge in [-0.2, -0.15) is 0 Å². The lowest BCUT2D eigenvalue weighted by molar-refractivity contribution is -0.141. The van der Waals surface area contributed by atoms with Crippen molar-refractivity contribution in [2.24, 2.45) is 5.92 Å². The lowest BCUT2D eigenvalue weighted by atomic mass is 10.1. The van der Waals surface area contributed by atoms with E-state index in [0.29, 0.717) is 12.0 Å². The first-order valence-electron chi connectivity index (χ1n) is 5.94. The molecular formula is C12H13BrFNO4S. The van der Waals surface area contributed by atoms with Crippen molar-refractivity contribution in [3.8, 4) is 0 Å². The number of halogens is 2. The molecule has 1 saturated heterocycles. The van der Waals surface area contributed by atoms with Gasteiger partial charge in [0.05, 0.1) is 16.1 Å². The van der Waals surface area contributed by atoms with Crippen molar-refractivity contribution >= 4 is 31.9 Å². The summed E-state index contributed by atoms with van der Waals surface area (Å²) in [6.07, 6.45) is 0.309. The molecule has 1 heterocycles. The van der Waals surface area contributed by atoms with Crippen molar-refractivity contribution < 1.29 is 22.7 Å². The molecule has 5 nitrogen and oxygen atoms in total. The van der Waals surface area contributed by atoms with E-state index >= 15 is 0 Å². The first-order valence-corrected chi connectivity index (χ1v) is 8.34. The smallest absolute Gasteiger partial charge is 0.307 e. The predicted octanol–water partition coefficient (Wildman–Crippen LogP) is 1.82. The molecule has 1 aliphatic rings. The molecule has 1 fully saturated rings. The molecule has 0 spiro atoms. The zero-order valence-electron chi connectivity index (χ0n) is 10.4. The van der Waals surface area contributed by atoms with Crippen LogP contribution in [0, 0.1) is 11.7 Å². The summed E-state index contributed by atoms with van der Waals surface area (Å²) in [6, 6.07) is 4.13. The summed E-state index contributed by atoms with van der Waals surface area (Å²) in [5, 5.41) is 8.88. The zero-order valence-corrected chi connectivity index (χ0v) is 12.8. The molecular weight excluding hydrogens is 353 g/mol. The van der Waals surface area contributed by atoms with Crippen molar-refractivity contribution in [1.82, 2.24) is 4.31 Å². The first-order chi connectivity index (χ1) is 9.29. The monoisotopic (exact) mass is 365 g/mol. The highest BCUT2D eigenvalue weighted by molar-refractivity contribution is 9.10. The lowest BCUT2D eigenvalue weighted by Gasteiger charge is -2.16. The van der Waals surface area contributed by atoms with E-state index in [2.05, 4.69) is 15.9 Å². The number of sulfonamides is 1. The highest BCUT2D eigenvalue weighted by atomic mass is 79.9. The Hall–Kier alpha value is -0.990. The van der Waals surface area contributed by atoms with Gasteiger partial charge in [0.1, 0.15) is 5.82 Å². The topological polar surface area (TPSA) is 74.7 Å². The summed E-state index contributed by atoms with van der Waals surface area (Å²) in [4.78, 5) is 10.8. The van der Waals surface area contributed by atoms with E-state index in [1.165, 1.54) is 12.1 Å². The predicted molar refractivity (Wildman–Crippen MR) is 74.0 cm³/mol. The molecule has 1 N–H and O–H groups in total. The maximum atomic E-state index is 13.4. The summed E-state index contributed by atoms with van der Waals surface area (Å²) in [7, 11) is -3.62. The van der Waals surface area contributed by atoms with E-state index in [-0.39, 0.29) is 23.3 Å². The molecule has 110 valence electrons. The molecule has 1 aromatic carbocycles. The molecule has 0 radical (unpaired) electrons. The molecule has 20 heavy (non-hydrogen) atoms. The third kappa shape index (κ3) is 3.36. The van der Waals surface area contributed by atoms with Gasteiger partial charge >= 0.3 is 5.97 Å². The van der Waals surface area contributed by atoms with Crippen LogP contribution in [0.1, 0.15) is 12.0 Å². The van der Waals surface area contributed by atoms with E-state index in [1.54, 1.807) is 0 Å². The average molecular weight is 366 g/mol. The van der Waals surface area contributed by atoms with Gasteiger partial charge in [0.15, 0.2) is 0 Å². The van der Waals surface area contributed by atoms with Crippen molar-refractivity contribution in [3.05, 3.63) is 34.1 Å². The first kappa shape index (κ1) is 15.4. The van der Waals surface area contributed by atoms with Crippen molar-refractivity contribution in [1.29, 1.82) is 0 Å². The Bertz CT molecular complexity index is 634. The van der Waals surface area contributed by atoms with E-state index in [9.17, 15) is 17.6 Å². The molecule has 0 aliphatic carbocycles. The maximum absolute atomic E-state index is 13.4. The van der Waals surface area contributed by atoms with Gasteiger partial charge in [-0.15, -0.1) is 0 Å². The van der Waals surface area contributed by atoms with Crippen LogP contribution in [0.5, 0.6) is 0 Å². The minimum atomic E-state index is -3.62. The van der Waals surface area contributed by atoms with Crippen molar-refractivity contribution in [2.45, 2.75) is 12.2 Å². The number of rotatable bonds is 4. The van der Waals surface area contributed by atoms with Gasteiger partial charge < -0.3 is 5.11 Å². The van der Waals surface area contributed by atoms with Gasteiger partial charge in [0.25, 0.3) is 0 Å². The van der Waals surface area contributed by atoms with Crippen molar-refractivity contribution in [2.75, 3.05) is 13.1 Å². The fourth-order valence-corrected chi connectivity index (χ4v) is 3.93. The van der Waals surface area contributed by atoms with E-state index in [0.717, 1.165) is 10.4 Å². The fraction of sp³-hybridized carbons (Fsp3) is 0.417. The quantitative estimate of drug-likeness (QED) is 0.882. The van der Waals surface area contributed by atoms with Crippen LogP contribution in [0.3, 0.4) is 0 Å². The molecule has 1 atom stereocenters. The summed E-state index contributed by atoms with van der Waals surface area (Å²) < 4.78 is 39.1. The zero-order chi connectivity index (χ0) is 14.9. The molecule has 0 aromatic heterocycles. The number of carboxylic acids is 1. The van der Waals surface area contributed by atoms with Crippen LogP contribution in [-0.2, 0) is 20.6 Å². The summed E-state index contributed by atoms with van der Waals surface area (Å²) in [5.74, 6) is -2.50. The van der Waals surface area contributed by atoms with Crippen LogP contribution in [0.25, 0.3) is 0 Å². The van der Waals surface area contributed by atoms with Crippen LogP contribution >= 0.6 is 15.9 Å². The molecule has 8 heteroatoms. The molecule has 1 aromatic rings. The lowest BCUT2D eigenvalue weighted by Crippen LogP contribution is -2.31. The number of hydrogen-bond donors (Lipinski definition) is 1. The van der Waals surface area contributed by atoms with E-state index < -0.39 is 27.7 Å². The molecule has 1 unspecified atom stereocenters. The highest BCUT2D eigenvalue weighted by Gasteiger charge is 2.34. The Morgan fingerprint density at radius 3 is 2.75 bits per heavy atom. The van der Waals surface area contributed by atoms with Gasteiger partial charge in [-0.05, 0) is 40.0 Å². The molecule has 0 bridgehead atoms. The van der Waals surface area contributed by atoms with Crippen molar-refractivity contribution in [3.63, 3.8) is 0 Å². The Kier molecular flexibility index (Phi) is 4.46. The number of benzene rings is 1. The second kappa shape index (κ2) is 5.79. The van der Waals surface area contributed by atoms with Crippen LogP contribution in [-0.4, -0.2) is 36.9 Å². The van der Waals surface area contributed by atoms with Crippen LogP contribution in [0.15, 0.2) is 22.7 Å². The highest BCUT2D eigenvalue weighted by Crippen LogP contribution is 2.23. The number of aliphatic carboxylic acids is 1. The van der Waals surface area contributed by atoms with Crippen LogP contribution in [0.4, 0.5) is 4.39 Å². The van der Waals surface area contributed by atoms with Gasteiger partial charge in [-0.25, -0.2) is 17.1 Å². The summed E-state index contributed by atoms with van der Waals surface area (Å²) >= 11 is 3.00. The SMILES string of the molecule is O=C(O)C1CCN(S(=O)(=O)Cc2ccc(Br)c(F)c2)C1. The van der Waals surface area contributed by atoms with Gasteiger partial charge in [0, 0.05) is 13.1 Å². The second-order valence-electron chi connectivity index (χ2n) is 4.69.